The molecule has 0 aromatic rings. The predicted octanol–water partition coefficient (Wildman–Crippen LogP) is -2.12. The maximum Gasteiger partial charge on any atom is 0.469 e. The minimum Gasteiger partial charge on any atom is -0.464 e. The number of carbonyl (C=O) groups excluding carboxylic acids is 1. The van der Waals surface area contributed by atoms with Crippen molar-refractivity contribution in [3.8, 4) is 0 Å². The van der Waals surface area contributed by atoms with Crippen LogP contribution in [0.4, 0.5) is 0 Å². The van der Waals surface area contributed by atoms with Crippen molar-refractivity contribution in [3.05, 3.63) is 0 Å². The highest BCUT2D eigenvalue weighted by atomic mass is 31.2. The Hall–Kier alpha value is -0.580. The van der Waals surface area contributed by atoms with Crippen LogP contribution in [0.3, 0.4) is 0 Å². The number of esters is 1. The maximum atomic E-state index is 11.3. The van der Waals surface area contributed by atoms with E-state index in [0.29, 0.717) is 6.42 Å². The molecule has 0 aliphatic heterocycles. The van der Waals surface area contributed by atoms with Gasteiger partial charge in [0, 0.05) is 0 Å². The molecule has 0 amide bonds. The summed E-state index contributed by atoms with van der Waals surface area (Å²) in [5.41, 5.74) is 0. The molecular weight excluding hydrogens is 311 g/mol. The lowest BCUT2D eigenvalue weighted by atomic mass is 10.0. The van der Waals surface area contributed by atoms with Gasteiger partial charge in [-0.25, -0.2) is 9.36 Å². The summed E-state index contributed by atoms with van der Waals surface area (Å²) in [6, 6.07) is 0. The number of hydrogen-bond acceptors (Lipinski definition) is 8. The van der Waals surface area contributed by atoms with Crippen molar-refractivity contribution >= 4 is 13.8 Å². The molecule has 0 aromatic carbocycles. The largest absolute Gasteiger partial charge is 0.469 e. The second-order valence-corrected chi connectivity index (χ2v) is 5.54. The normalized spacial score (nSPS) is 17.9. The van der Waals surface area contributed by atoms with Crippen molar-refractivity contribution < 1.29 is 48.8 Å². The standard InChI is InChI=1S/C10H21O10P/c1-2-3-4-19-10(15)9(14)8(13)7(12)6(11)5-20-21(16,17)18/h6-9,11-14H,2-5H2,1H3,(H2,16,17,18). The Morgan fingerprint density at radius 3 is 2.19 bits per heavy atom. The molecule has 0 bridgehead atoms. The molecule has 11 heteroatoms. The zero-order chi connectivity index (χ0) is 16.6. The van der Waals surface area contributed by atoms with Gasteiger partial charge in [0.1, 0.15) is 18.3 Å². The smallest absolute Gasteiger partial charge is 0.464 e. The van der Waals surface area contributed by atoms with Crippen LogP contribution < -0.4 is 0 Å². The monoisotopic (exact) mass is 332 g/mol. The Balaban J connectivity index is 4.36. The van der Waals surface area contributed by atoms with Gasteiger partial charge < -0.3 is 34.9 Å². The Kier molecular flexibility index (Phi) is 9.18. The van der Waals surface area contributed by atoms with Crippen molar-refractivity contribution in [2.75, 3.05) is 13.2 Å². The van der Waals surface area contributed by atoms with E-state index in [1.54, 1.807) is 0 Å². The summed E-state index contributed by atoms with van der Waals surface area (Å²) in [7, 11) is -4.86. The number of phosphoric ester groups is 1. The van der Waals surface area contributed by atoms with Crippen molar-refractivity contribution in [1.29, 1.82) is 0 Å². The molecule has 0 heterocycles. The summed E-state index contributed by atoms with van der Waals surface area (Å²) in [5, 5.41) is 37.8. The van der Waals surface area contributed by atoms with Gasteiger partial charge in [-0.3, -0.25) is 4.52 Å². The molecule has 0 aromatic heterocycles. The van der Waals surface area contributed by atoms with E-state index < -0.39 is 44.8 Å². The maximum absolute atomic E-state index is 11.3. The topological polar surface area (TPSA) is 174 Å². The van der Waals surface area contributed by atoms with Gasteiger partial charge in [-0.2, -0.15) is 0 Å². The highest BCUT2D eigenvalue weighted by Gasteiger charge is 2.36. The number of aliphatic hydroxyl groups excluding tert-OH is 4. The number of unbranched alkanes of at least 4 members (excludes halogenated alkanes) is 1. The van der Waals surface area contributed by atoms with Crippen molar-refractivity contribution in [2.24, 2.45) is 0 Å². The highest BCUT2D eigenvalue weighted by Crippen LogP contribution is 2.35. The van der Waals surface area contributed by atoms with Crippen LogP contribution in [0.25, 0.3) is 0 Å². The van der Waals surface area contributed by atoms with E-state index in [4.69, 9.17) is 9.79 Å². The molecule has 126 valence electrons. The number of carbonyl (C=O) groups is 1. The van der Waals surface area contributed by atoms with Crippen LogP contribution in [0.2, 0.25) is 0 Å². The lowest BCUT2D eigenvalue weighted by molar-refractivity contribution is -0.170. The first-order chi connectivity index (χ1) is 9.60. The van der Waals surface area contributed by atoms with E-state index in [1.165, 1.54) is 0 Å². The first-order valence-corrected chi connectivity index (χ1v) is 7.72. The zero-order valence-corrected chi connectivity index (χ0v) is 12.3. The number of phosphoric acid groups is 1. The average Bonchev–Trinajstić information content (AvgIpc) is 2.41. The zero-order valence-electron chi connectivity index (χ0n) is 11.4. The molecule has 0 fully saturated rings. The molecule has 4 atom stereocenters. The molecule has 0 radical (unpaired) electrons. The minimum absolute atomic E-state index is 0.0269. The number of aliphatic hydroxyl groups is 4. The molecule has 4 unspecified atom stereocenters. The summed E-state index contributed by atoms with van der Waals surface area (Å²) < 4.78 is 19.0. The fourth-order valence-electron chi connectivity index (χ4n) is 1.23. The molecular formula is C10H21O10P. The fourth-order valence-corrected chi connectivity index (χ4v) is 1.58. The predicted molar refractivity (Wildman–Crippen MR) is 67.9 cm³/mol. The van der Waals surface area contributed by atoms with Crippen LogP contribution in [-0.4, -0.2) is 73.8 Å². The van der Waals surface area contributed by atoms with Crippen LogP contribution in [0, 0.1) is 0 Å². The molecule has 6 N–H and O–H groups in total. The fraction of sp³-hybridized carbons (Fsp3) is 0.900. The van der Waals surface area contributed by atoms with E-state index in [2.05, 4.69) is 9.26 Å². The van der Waals surface area contributed by atoms with Crippen LogP contribution in [0.15, 0.2) is 0 Å². The lowest BCUT2D eigenvalue weighted by Gasteiger charge is -2.25. The van der Waals surface area contributed by atoms with E-state index >= 15 is 0 Å². The van der Waals surface area contributed by atoms with Crippen molar-refractivity contribution in [3.63, 3.8) is 0 Å². The number of rotatable bonds is 10. The Bertz CT molecular complexity index is 356. The summed E-state index contributed by atoms with van der Waals surface area (Å²) in [4.78, 5) is 28.2. The van der Waals surface area contributed by atoms with Gasteiger partial charge in [-0.05, 0) is 6.42 Å². The third kappa shape index (κ3) is 8.44. The molecule has 0 spiro atoms. The van der Waals surface area contributed by atoms with E-state index in [0.717, 1.165) is 6.42 Å². The van der Waals surface area contributed by atoms with Gasteiger partial charge in [0.15, 0.2) is 6.10 Å². The molecule has 21 heavy (non-hydrogen) atoms. The average molecular weight is 332 g/mol. The second-order valence-electron chi connectivity index (χ2n) is 4.30. The van der Waals surface area contributed by atoms with Crippen LogP contribution in [0.1, 0.15) is 19.8 Å². The SMILES string of the molecule is CCCCOC(=O)C(O)C(O)C(O)C(O)COP(=O)(O)O. The first kappa shape index (κ1) is 20.4. The van der Waals surface area contributed by atoms with Gasteiger partial charge in [-0.1, -0.05) is 13.3 Å². The van der Waals surface area contributed by atoms with Crippen molar-refractivity contribution in [2.45, 2.75) is 44.2 Å². The molecule has 0 saturated heterocycles. The molecule has 0 saturated carbocycles. The summed E-state index contributed by atoms with van der Waals surface area (Å²) in [5.74, 6) is -1.18. The summed E-state index contributed by atoms with van der Waals surface area (Å²) in [6.45, 7) is 0.874. The highest BCUT2D eigenvalue weighted by molar-refractivity contribution is 7.46. The van der Waals surface area contributed by atoms with Crippen LogP contribution in [0.5, 0.6) is 0 Å². The number of ether oxygens (including phenoxy) is 1. The first-order valence-electron chi connectivity index (χ1n) is 6.19. The lowest BCUT2D eigenvalue weighted by Crippen LogP contribution is -2.49. The Labute approximate surface area is 121 Å². The number of hydrogen-bond donors (Lipinski definition) is 6. The van der Waals surface area contributed by atoms with Gasteiger partial charge in [0.2, 0.25) is 0 Å². The summed E-state index contributed by atoms with van der Waals surface area (Å²) in [6.07, 6.45) is -6.91. The second kappa shape index (κ2) is 9.44. The molecule has 10 nitrogen and oxygen atoms in total. The van der Waals surface area contributed by atoms with Crippen LogP contribution in [-0.2, 0) is 18.6 Å². The van der Waals surface area contributed by atoms with E-state index in [-0.39, 0.29) is 6.61 Å². The Morgan fingerprint density at radius 2 is 1.71 bits per heavy atom. The van der Waals surface area contributed by atoms with Crippen molar-refractivity contribution in [1.82, 2.24) is 0 Å². The minimum atomic E-state index is -4.86. The molecule has 0 rings (SSSR count). The third-order valence-corrected chi connectivity index (χ3v) is 2.95. The van der Waals surface area contributed by atoms with Crippen LogP contribution >= 0.6 is 7.82 Å². The van der Waals surface area contributed by atoms with E-state index in [9.17, 15) is 29.8 Å². The van der Waals surface area contributed by atoms with E-state index in [1.807, 2.05) is 6.92 Å². The summed E-state index contributed by atoms with van der Waals surface area (Å²) >= 11 is 0. The third-order valence-electron chi connectivity index (χ3n) is 2.46. The molecule has 0 aliphatic rings. The van der Waals surface area contributed by atoms with Gasteiger partial charge in [0.25, 0.3) is 0 Å². The molecule has 0 aliphatic carbocycles. The Morgan fingerprint density at radius 1 is 1.14 bits per heavy atom. The quantitative estimate of drug-likeness (QED) is 0.147. The van der Waals surface area contributed by atoms with Gasteiger partial charge >= 0.3 is 13.8 Å². The van der Waals surface area contributed by atoms with Gasteiger partial charge in [-0.15, -0.1) is 0 Å². The van der Waals surface area contributed by atoms with Gasteiger partial charge in [0.05, 0.1) is 13.2 Å².